The number of halogens is 1. The third kappa shape index (κ3) is 3.31. The highest BCUT2D eigenvalue weighted by Gasteiger charge is 2.17. The largest absolute Gasteiger partial charge is 0.456 e. The molecule has 6 nitrogen and oxygen atoms in total. The van der Waals surface area contributed by atoms with Crippen LogP contribution in [0.2, 0.25) is 5.02 Å². The highest BCUT2D eigenvalue weighted by molar-refractivity contribution is 7.09. The molecule has 0 spiro atoms. The molecule has 20 heavy (non-hydrogen) atoms. The van der Waals surface area contributed by atoms with Gasteiger partial charge in [-0.15, -0.1) is 11.3 Å². The van der Waals surface area contributed by atoms with Crippen molar-refractivity contribution in [2.75, 3.05) is 0 Å². The Morgan fingerprint density at radius 1 is 1.55 bits per heavy atom. The number of rotatable bonds is 4. The third-order valence-electron chi connectivity index (χ3n) is 2.40. The molecule has 2 aromatic rings. The van der Waals surface area contributed by atoms with E-state index in [1.165, 1.54) is 23.5 Å². The topological polar surface area (TPSA) is 82.3 Å². The molecule has 1 aromatic carbocycles. The molecular weight excluding hydrogens is 304 g/mol. The average molecular weight is 313 g/mol. The van der Waals surface area contributed by atoms with Gasteiger partial charge in [-0.05, 0) is 13.0 Å². The predicted molar refractivity (Wildman–Crippen MR) is 74.1 cm³/mol. The Labute approximate surface area is 123 Å². The van der Waals surface area contributed by atoms with Crippen molar-refractivity contribution < 1.29 is 14.5 Å². The molecule has 0 aliphatic heterocycles. The van der Waals surface area contributed by atoms with E-state index in [0.717, 1.165) is 11.1 Å². The van der Waals surface area contributed by atoms with E-state index < -0.39 is 10.9 Å². The van der Waals surface area contributed by atoms with Gasteiger partial charge in [-0.3, -0.25) is 10.1 Å². The number of hydrogen-bond donors (Lipinski definition) is 0. The number of nitrogens with zero attached hydrogens (tertiary/aromatic N) is 2. The van der Waals surface area contributed by atoms with E-state index in [1.54, 1.807) is 5.38 Å². The molecule has 0 aliphatic carbocycles. The van der Waals surface area contributed by atoms with Gasteiger partial charge in [0.05, 0.1) is 26.2 Å². The first-order valence-electron chi connectivity index (χ1n) is 5.49. The Bertz CT molecular complexity index is 671. The smallest absolute Gasteiger partial charge is 0.340 e. The summed E-state index contributed by atoms with van der Waals surface area (Å²) < 4.78 is 5.04. The van der Waals surface area contributed by atoms with Crippen LogP contribution in [0.1, 0.15) is 21.1 Å². The Kier molecular flexibility index (Phi) is 4.31. The SMILES string of the molecule is Cc1nc(COC(=O)c2cc([N+](=O)[O-])ccc2Cl)cs1. The second-order valence-corrected chi connectivity index (χ2v) is 5.32. The number of aromatic nitrogens is 1. The van der Waals surface area contributed by atoms with Crippen LogP contribution in [-0.4, -0.2) is 15.9 Å². The molecule has 0 amide bonds. The van der Waals surface area contributed by atoms with Crippen LogP contribution in [0.4, 0.5) is 5.69 Å². The van der Waals surface area contributed by atoms with E-state index in [0.29, 0.717) is 5.69 Å². The molecule has 0 fully saturated rings. The molecule has 8 heteroatoms. The summed E-state index contributed by atoms with van der Waals surface area (Å²) in [6, 6.07) is 3.61. The molecular formula is C12H9ClN2O4S. The summed E-state index contributed by atoms with van der Waals surface area (Å²) in [6.07, 6.45) is 0. The van der Waals surface area contributed by atoms with Crippen molar-refractivity contribution >= 4 is 34.6 Å². The number of ether oxygens (including phenoxy) is 1. The number of benzene rings is 1. The fourth-order valence-corrected chi connectivity index (χ4v) is 2.27. The second kappa shape index (κ2) is 5.98. The van der Waals surface area contributed by atoms with Gasteiger partial charge < -0.3 is 4.74 Å². The zero-order valence-electron chi connectivity index (χ0n) is 10.3. The summed E-state index contributed by atoms with van der Waals surface area (Å²) in [5, 5.41) is 13.4. The van der Waals surface area contributed by atoms with Gasteiger partial charge in [0.15, 0.2) is 0 Å². The monoisotopic (exact) mass is 312 g/mol. The standard InChI is InChI=1S/C12H9ClN2O4S/c1-7-14-8(6-20-7)5-19-12(16)10-4-9(15(17)18)2-3-11(10)13/h2-4,6H,5H2,1H3. The third-order valence-corrected chi connectivity index (χ3v) is 3.55. The van der Waals surface area contributed by atoms with Gasteiger partial charge in [-0.2, -0.15) is 0 Å². The summed E-state index contributed by atoms with van der Waals surface area (Å²) in [5.74, 6) is -0.718. The number of nitro benzene ring substituents is 1. The lowest BCUT2D eigenvalue weighted by Gasteiger charge is -2.04. The summed E-state index contributed by atoms with van der Waals surface area (Å²) in [6.45, 7) is 1.84. The second-order valence-electron chi connectivity index (χ2n) is 3.86. The molecule has 0 saturated heterocycles. The number of esters is 1. The molecule has 0 bridgehead atoms. The van der Waals surface area contributed by atoms with Crippen LogP contribution < -0.4 is 0 Å². The van der Waals surface area contributed by atoms with Crippen molar-refractivity contribution in [1.82, 2.24) is 4.98 Å². The fourth-order valence-electron chi connectivity index (χ4n) is 1.48. The van der Waals surface area contributed by atoms with E-state index >= 15 is 0 Å². The maximum atomic E-state index is 11.9. The number of nitro groups is 1. The molecule has 1 aromatic heterocycles. The maximum Gasteiger partial charge on any atom is 0.340 e. The van der Waals surface area contributed by atoms with Crippen molar-refractivity contribution in [2.24, 2.45) is 0 Å². The average Bonchev–Trinajstić information content (AvgIpc) is 2.82. The quantitative estimate of drug-likeness (QED) is 0.491. The molecule has 0 radical (unpaired) electrons. The minimum atomic E-state index is -0.718. The van der Waals surface area contributed by atoms with Gasteiger partial charge in [0.25, 0.3) is 5.69 Å². The number of non-ortho nitro benzene ring substituents is 1. The van der Waals surface area contributed by atoms with Crippen molar-refractivity contribution in [2.45, 2.75) is 13.5 Å². The molecule has 0 unspecified atom stereocenters. The van der Waals surface area contributed by atoms with Crippen molar-refractivity contribution in [3.63, 3.8) is 0 Å². The van der Waals surface area contributed by atoms with Gasteiger partial charge in [0, 0.05) is 17.5 Å². The Morgan fingerprint density at radius 2 is 2.30 bits per heavy atom. The molecule has 104 valence electrons. The zero-order valence-corrected chi connectivity index (χ0v) is 11.9. The van der Waals surface area contributed by atoms with Crippen LogP contribution in [0.3, 0.4) is 0 Å². The number of carbonyl (C=O) groups excluding carboxylic acids is 1. The van der Waals surface area contributed by atoms with Gasteiger partial charge in [-0.25, -0.2) is 9.78 Å². The van der Waals surface area contributed by atoms with E-state index in [4.69, 9.17) is 16.3 Å². The molecule has 0 atom stereocenters. The van der Waals surface area contributed by atoms with Gasteiger partial charge >= 0.3 is 5.97 Å². The first-order chi connectivity index (χ1) is 9.47. The Hall–Kier alpha value is -1.99. The van der Waals surface area contributed by atoms with Crippen molar-refractivity contribution in [3.05, 3.63) is 55.0 Å². The van der Waals surface area contributed by atoms with Crippen molar-refractivity contribution in [1.29, 1.82) is 0 Å². The summed E-state index contributed by atoms with van der Waals surface area (Å²) in [4.78, 5) is 26.1. The summed E-state index contributed by atoms with van der Waals surface area (Å²) in [5.41, 5.74) is 0.376. The van der Waals surface area contributed by atoms with E-state index in [-0.39, 0.29) is 22.9 Å². The molecule has 0 N–H and O–H groups in total. The minimum absolute atomic E-state index is 0.00218. The highest BCUT2D eigenvalue weighted by atomic mass is 35.5. The van der Waals surface area contributed by atoms with Gasteiger partial charge in [0.2, 0.25) is 0 Å². The van der Waals surface area contributed by atoms with Crippen LogP contribution in [0.15, 0.2) is 23.6 Å². The first-order valence-corrected chi connectivity index (χ1v) is 6.75. The lowest BCUT2D eigenvalue weighted by atomic mass is 10.2. The minimum Gasteiger partial charge on any atom is -0.456 e. The van der Waals surface area contributed by atoms with E-state index in [9.17, 15) is 14.9 Å². The fraction of sp³-hybridized carbons (Fsp3) is 0.167. The Balaban J connectivity index is 2.12. The van der Waals surface area contributed by atoms with Crippen molar-refractivity contribution in [3.8, 4) is 0 Å². The summed E-state index contributed by atoms with van der Waals surface area (Å²) in [7, 11) is 0. The van der Waals surface area contributed by atoms with Gasteiger partial charge in [0.1, 0.15) is 6.61 Å². The number of aryl methyl sites for hydroxylation is 1. The zero-order chi connectivity index (χ0) is 14.7. The van der Waals surface area contributed by atoms with Crippen LogP contribution >= 0.6 is 22.9 Å². The van der Waals surface area contributed by atoms with Crippen LogP contribution in [0.25, 0.3) is 0 Å². The Morgan fingerprint density at radius 3 is 2.90 bits per heavy atom. The van der Waals surface area contributed by atoms with E-state index in [2.05, 4.69) is 4.98 Å². The lowest BCUT2D eigenvalue weighted by molar-refractivity contribution is -0.384. The highest BCUT2D eigenvalue weighted by Crippen LogP contribution is 2.23. The normalized spacial score (nSPS) is 10.3. The predicted octanol–water partition coefficient (Wildman–Crippen LogP) is 3.37. The molecule has 0 saturated carbocycles. The lowest BCUT2D eigenvalue weighted by Crippen LogP contribution is -2.07. The number of hydrogen-bond acceptors (Lipinski definition) is 6. The maximum absolute atomic E-state index is 11.9. The van der Waals surface area contributed by atoms with Crippen LogP contribution in [0, 0.1) is 17.0 Å². The van der Waals surface area contributed by atoms with E-state index in [1.807, 2.05) is 6.92 Å². The molecule has 0 aliphatic rings. The van der Waals surface area contributed by atoms with Crippen LogP contribution in [-0.2, 0) is 11.3 Å². The van der Waals surface area contributed by atoms with Gasteiger partial charge in [-0.1, -0.05) is 11.6 Å². The molecule has 2 rings (SSSR count). The first kappa shape index (κ1) is 14.4. The molecule has 1 heterocycles. The van der Waals surface area contributed by atoms with Crippen LogP contribution in [0.5, 0.6) is 0 Å². The summed E-state index contributed by atoms with van der Waals surface area (Å²) >= 11 is 7.29. The number of carbonyl (C=O) groups is 1. The number of thiazole rings is 1.